The summed E-state index contributed by atoms with van der Waals surface area (Å²) in [5, 5.41) is 3.71. The van der Waals surface area contributed by atoms with E-state index in [4.69, 9.17) is 9.47 Å². The molecular weight excluding hydrogens is 348 g/mol. The van der Waals surface area contributed by atoms with Crippen LogP contribution in [0.5, 0.6) is 11.5 Å². The predicted octanol–water partition coefficient (Wildman–Crippen LogP) is 4.21. The van der Waals surface area contributed by atoms with Crippen molar-refractivity contribution >= 4 is 0 Å². The summed E-state index contributed by atoms with van der Waals surface area (Å²) in [5.74, 6) is 1.91. The first-order chi connectivity index (χ1) is 13.7. The molecule has 0 saturated carbocycles. The third-order valence-electron chi connectivity index (χ3n) is 5.78. The number of hydrogen-bond donors (Lipinski definition) is 1. The van der Waals surface area contributed by atoms with Gasteiger partial charge >= 0.3 is 0 Å². The maximum absolute atomic E-state index is 6.04. The Bertz CT molecular complexity index is 771. The molecule has 1 unspecified atom stereocenters. The number of rotatable bonds is 9. The highest BCUT2D eigenvalue weighted by Gasteiger charge is 2.23. The minimum Gasteiger partial charge on any atom is -0.497 e. The number of ether oxygens (including phenoxy) is 2. The molecule has 1 heterocycles. The van der Waals surface area contributed by atoms with E-state index in [2.05, 4.69) is 67.4 Å². The van der Waals surface area contributed by atoms with Crippen LogP contribution in [0.1, 0.15) is 49.1 Å². The molecule has 152 valence electrons. The Morgan fingerprint density at radius 3 is 2.46 bits per heavy atom. The van der Waals surface area contributed by atoms with Crippen LogP contribution in [0.2, 0.25) is 0 Å². The van der Waals surface area contributed by atoms with E-state index in [1.54, 1.807) is 7.11 Å². The molecule has 1 aliphatic rings. The van der Waals surface area contributed by atoms with Crippen LogP contribution in [-0.2, 0) is 12.8 Å². The van der Waals surface area contributed by atoms with Gasteiger partial charge in [-0.25, -0.2) is 0 Å². The van der Waals surface area contributed by atoms with Crippen LogP contribution in [0.3, 0.4) is 0 Å². The van der Waals surface area contributed by atoms with Crippen LogP contribution in [0.4, 0.5) is 0 Å². The lowest BCUT2D eigenvalue weighted by Crippen LogP contribution is -2.31. The highest BCUT2D eigenvalue weighted by atomic mass is 16.5. The van der Waals surface area contributed by atoms with E-state index < -0.39 is 0 Å². The van der Waals surface area contributed by atoms with Crippen molar-refractivity contribution in [3.8, 4) is 11.5 Å². The lowest BCUT2D eigenvalue weighted by atomic mass is 9.87. The third-order valence-corrected chi connectivity index (χ3v) is 5.78. The van der Waals surface area contributed by atoms with Crippen molar-refractivity contribution < 1.29 is 9.47 Å². The summed E-state index contributed by atoms with van der Waals surface area (Å²) in [4.78, 5) is 2.38. The fourth-order valence-electron chi connectivity index (χ4n) is 4.04. The molecule has 1 atom stereocenters. The predicted molar refractivity (Wildman–Crippen MR) is 116 cm³/mol. The van der Waals surface area contributed by atoms with Crippen LogP contribution < -0.4 is 14.8 Å². The molecule has 28 heavy (non-hydrogen) atoms. The largest absolute Gasteiger partial charge is 0.497 e. The summed E-state index contributed by atoms with van der Waals surface area (Å²) in [6.07, 6.45) is 2.03. The highest BCUT2D eigenvalue weighted by Crippen LogP contribution is 2.34. The monoisotopic (exact) mass is 382 g/mol. The van der Waals surface area contributed by atoms with Gasteiger partial charge in [-0.3, -0.25) is 0 Å². The molecule has 0 spiro atoms. The topological polar surface area (TPSA) is 33.7 Å². The summed E-state index contributed by atoms with van der Waals surface area (Å²) in [7, 11) is 1.73. The molecule has 0 fully saturated rings. The molecule has 2 aromatic carbocycles. The summed E-state index contributed by atoms with van der Waals surface area (Å²) in [6.45, 7) is 11.4. The van der Waals surface area contributed by atoms with Gasteiger partial charge in [0, 0.05) is 13.1 Å². The second kappa shape index (κ2) is 9.94. The number of aryl methyl sites for hydroxylation is 1. The molecule has 3 rings (SSSR count). The van der Waals surface area contributed by atoms with Crippen molar-refractivity contribution in [3.63, 3.8) is 0 Å². The van der Waals surface area contributed by atoms with E-state index in [0.29, 0.717) is 0 Å². The molecule has 0 radical (unpaired) electrons. The fourth-order valence-corrected chi connectivity index (χ4v) is 4.04. The molecule has 0 saturated heterocycles. The van der Waals surface area contributed by atoms with Crippen molar-refractivity contribution in [1.29, 1.82) is 0 Å². The van der Waals surface area contributed by atoms with Gasteiger partial charge in [0.2, 0.25) is 0 Å². The van der Waals surface area contributed by atoms with E-state index in [1.165, 1.54) is 22.3 Å². The average Bonchev–Trinajstić information content (AvgIpc) is 2.75. The Labute approximate surface area is 169 Å². The van der Waals surface area contributed by atoms with Gasteiger partial charge in [0.25, 0.3) is 0 Å². The number of methoxy groups -OCH3 is 1. The van der Waals surface area contributed by atoms with Crippen molar-refractivity contribution in [2.24, 2.45) is 0 Å². The molecule has 4 heteroatoms. The molecule has 1 N–H and O–H groups in total. The zero-order valence-corrected chi connectivity index (χ0v) is 17.8. The van der Waals surface area contributed by atoms with E-state index in [1.807, 2.05) is 0 Å². The smallest absolute Gasteiger partial charge is 0.119 e. The molecule has 1 aliphatic heterocycles. The Balaban J connectivity index is 1.78. The van der Waals surface area contributed by atoms with Gasteiger partial charge in [0.1, 0.15) is 18.1 Å². The van der Waals surface area contributed by atoms with Crippen molar-refractivity contribution in [2.45, 2.75) is 39.7 Å². The third kappa shape index (κ3) is 4.68. The number of benzene rings is 2. The molecule has 2 aromatic rings. The van der Waals surface area contributed by atoms with Gasteiger partial charge < -0.3 is 19.7 Å². The SMILES string of the molecule is CCc1cc(OC)ccc1C1NCCc2cc(OCCN(CC)CC)ccc21. The van der Waals surface area contributed by atoms with Crippen LogP contribution in [0.25, 0.3) is 0 Å². The van der Waals surface area contributed by atoms with Gasteiger partial charge in [-0.15, -0.1) is 0 Å². The number of nitrogens with one attached hydrogen (secondary N) is 1. The summed E-state index contributed by atoms with van der Waals surface area (Å²) >= 11 is 0. The second-order valence-electron chi connectivity index (χ2n) is 7.29. The maximum Gasteiger partial charge on any atom is 0.119 e. The van der Waals surface area contributed by atoms with Gasteiger partial charge in [-0.2, -0.15) is 0 Å². The van der Waals surface area contributed by atoms with Gasteiger partial charge in [-0.05, 0) is 72.5 Å². The van der Waals surface area contributed by atoms with Crippen LogP contribution in [0, 0.1) is 0 Å². The van der Waals surface area contributed by atoms with Gasteiger partial charge in [-0.1, -0.05) is 32.9 Å². The minimum absolute atomic E-state index is 0.231. The lowest BCUT2D eigenvalue weighted by molar-refractivity contribution is 0.222. The van der Waals surface area contributed by atoms with Gasteiger partial charge in [0.15, 0.2) is 0 Å². The molecule has 4 nitrogen and oxygen atoms in total. The fraction of sp³-hybridized carbons (Fsp3) is 0.500. The molecule has 0 bridgehead atoms. The number of likely N-dealkylation sites (N-methyl/N-ethyl adjacent to an activating group) is 1. The molecular formula is C24H34N2O2. The zero-order chi connectivity index (χ0) is 19.9. The Hall–Kier alpha value is -2.04. The van der Waals surface area contributed by atoms with Crippen molar-refractivity contribution in [1.82, 2.24) is 10.2 Å². The quantitative estimate of drug-likeness (QED) is 0.704. The maximum atomic E-state index is 6.04. The average molecular weight is 383 g/mol. The van der Waals surface area contributed by atoms with Crippen LogP contribution in [0.15, 0.2) is 36.4 Å². The first-order valence-corrected chi connectivity index (χ1v) is 10.6. The number of nitrogens with zero attached hydrogens (tertiary/aromatic N) is 1. The summed E-state index contributed by atoms with van der Waals surface area (Å²) in [5.41, 5.74) is 5.44. The van der Waals surface area contributed by atoms with E-state index in [-0.39, 0.29) is 6.04 Å². The molecule has 0 amide bonds. The highest BCUT2D eigenvalue weighted by molar-refractivity contribution is 5.47. The molecule has 0 aromatic heterocycles. The summed E-state index contributed by atoms with van der Waals surface area (Å²) in [6, 6.07) is 13.3. The van der Waals surface area contributed by atoms with E-state index >= 15 is 0 Å². The first-order valence-electron chi connectivity index (χ1n) is 10.6. The second-order valence-corrected chi connectivity index (χ2v) is 7.29. The normalized spacial score (nSPS) is 16.1. The van der Waals surface area contributed by atoms with Crippen LogP contribution >= 0.6 is 0 Å². The minimum atomic E-state index is 0.231. The van der Waals surface area contributed by atoms with Gasteiger partial charge in [0.05, 0.1) is 13.2 Å². The van der Waals surface area contributed by atoms with E-state index in [0.717, 1.165) is 57.1 Å². The lowest BCUT2D eigenvalue weighted by Gasteiger charge is -2.29. The first kappa shape index (κ1) is 20.7. The number of fused-ring (bicyclic) bond motifs is 1. The van der Waals surface area contributed by atoms with Crippen LogP contribution in [-0.4, -0.2) is 44.8 Å². The Kier molecular flexibility index (Phi) is 7.35. The van der Waals surface area contributed by atoms with Crippen molar-refractivity contribution in [2.75, 3.05) is 39.9 Å². The zero-order valence-electron chi connectivity index (χ0n) is 17.8. The Morgan fingerprint density at radius 1 is 1.00 bits per heavy atom. The number of hydrogen-bond acceptors (Lipinski definition) is 4. The summed E-state index contributed by atoms with van der Waals surface area (Å²) < 4.78 is 11.5. The standard InChI is InChI=1S/C24H34N2O2/c1-5-18-16-20(27-4)8-10-22(18)24-23-11-9-21(17-19(23)12-13-25-24)28-15-14-26(6-2)7-3/h8-11,16-17,24-25H,5-7,12-15H2,1-4H3. The van der Waals surface area contributed by atoms with E-state index in [9.17, 15) is 0 Å². The molecule has 0 aliphatic carbocycles. The van der Waals surface area contributed by atoms with Crippen molar-refractivity contribution in [3.05, 3.63) is 58.7 Å². The Morgan fingerprint density at radius 2 is 1.75 bits per heavy atom.